The second-order valence-corrected chi connectivity index (χ2v) is 19.9. The van der Waals surface area contributed by atoms with Crippen molar-refractivity contribution in [2.24, 2.45) is 0 Å². The molecule has 0 aliphatic heterocycles. The summed E-state index contributed by atoms with van der Waals surface area (Å²) in [4.78, 5) is 38.0. The van der Waals surface area contributed by atoms with Gasteiger partial charge in [-0.1, -0.05) is 280 Å². The zero-order valence-corrected chi connectivity index (χ0v) is 46.3. The van der Waals surface area contributed by atoms with Crippen molar-refractivity contribution in [3.8, 4) is 0 Å². The second kappa shape index (κ2) is 58.4. The smallest absolute Gasteiger partial charge is 0.306 e. The minimum atomic E-state index is -0.774. The second-order valence-electron chi connectivity index (χ2n) is 19.9. The van der Waals surface area contributed by atoms with Gasteiger partial charge in [-0.2, -0.15) is 0 Å². The third-order valence-electron chi connectivity index (χ3n) is 13.0. The molecule has 0 N–H and O–H groups in total. The van der Waals surface area contributed by atoms with Gasteiger partial charge in [0.2, 0.25) is 0 Å². The summed E-state index contributed by atoms with van der Waals surface area (Å²) in [6.45, 7) is 6.52. The van der Waals surface area contributed by atoms with Crippen molar-refractivity contribution in [2.45, 2.75) is 303 Å². The van der Waals surface area contributed by atoms with Crippen LogP contribution >= 0.6 is 0 Å². The summed E-state index contributed by atoms with van der Waals surface area (Å²) >= 11 is 0. The van der Waals surface area contributed by atoms with E-state index in [9.17, 15) is 14.4 Å². The van der Waals surface area contributed by atoms with E-state index < -0.39 is 6.10 Å². The lowest BCUT2D eigenvalue weighted by atomic mass is 10.0. The molecule has 1 unspecified atom stereocenters. The van der Waals surface area contributed by atoms with Crippen LogP contribution in [-0.2, 0) is 28.6 Å². The third kappa shape index (κ3) is 55.8. The van der Waals surface area contributed by atoms with E-state index in [1.54, 1.807) is 0 Å². The summed E-state index contributed by atoms with van der Waals surface area (Å²) in [5.41, 5.74) is 0. The van der Waals surface area contributed by atoms with Crippen molar-refractivity contribution >= 4 is 17.9 Å². The van der Waals surface area contributed by atoms with E-state index >= 15 is 0 Å². The average Bonchev–Trinajstić information content (AvgIpc) is 3.36. The van der Waals surface area contributed by atoms with Crippen LogP contribution in [0.2, 0.25) is 0 Å². The molecule has 1 atom stereocenters. The molecule has 0 saturated heterocycles. The van der Waals surface area contributed by atoms with Gasteiger partial charge in [0.1, 0.15) is 13.2 Å². The number of hydrogen-bond acceptors (Lipinski definition) is 6. The van der Waals surface area contributed by atoms with Crippen molar-refractivity contribution in [3.63, 3.8) is 0 Å². The van der Waals surface area contributed by atoms with Crippen molar-refractivity contribution in [1.82, 2.24) is 0 Å². The normalized spacial score (nSPS) is 12.6. The number of ether oxygens (including phenoxy) is 3. The van der Waals surface area contributed by atoms with E-state index in [4.69, 9.17) is 14.2 Å². The van der Waals surface area contributed by atoms with Crippen LogP contribution in [0.5, 0.6) is 0 Å². The monoisotopic (exact) mass is 977 g/mol. The molecule has 404 valence electrons. The highest BCUT2D eigenvalue weighted by Gasteiger charge is 2.19. The molecular weight excluding hydrogens is 865 g/mol. The van der Waals surface area contributed by atoms with E-state index in [-0.39, 0.29) is 31.1 Å². The maximum atomic E-state index is 12.8. The molecular formula is C64H112O6. The Labute approximate surface area is 433 Å². The lowest BCUT2D eigenvalue weighted by Gasteiger charge is -2.18. The Morgan fingerprint density at radius 2 is 0.557 bits per heavy atom. The first kappa shape index (κ1) is 66.9. The molecule has 0 bridgehead atoms. The SMILES string of the molecule is CC/C=C\C/C=C\C/C=C\C/C=C\C/C=C\C/C=C\CCCCCCCCCCC(=O)OCC(COC(=O)CCCCCCCCCC)OC(=O)CCCCCCCCCCCCCCCCCCC. The van der Waals surface area contributed by atoms with Crippen molar-refractivity contribution in [3.05, 3.63) is 72.9 Å². The van der Waals surface area contributed by atoms with E-state index in [1.807, 2.05) is 0 Å². The lowest BCUT2D eigenvalue weighted by Crippen LogP contribution is -2.30. The summed E-state index contributed by atoms with van der Waals surface area (Å²) < 4.78 is 16.8. The third-order valence-corrected chi connectivity index (χ3v) is 13.0. The Bertz CT molecular complexity index is 1310. The topological polar surface area (TPSA) is 78.9 Å². The van der Waals surface area contributed by atoms with E-state index in [0.717, 1.165) is 103 Å². The highest BCUT2D eigenvalue weighted by Crippen LogP contribution is 2.16. The van der Waals surface area contributed by atoms with Gasteiger partial charge in [-0.05, 0) is 70.6 Å². The fourth-order valence-corrected chi connectivity index (χ4v) is 8.51. The van der Waals surface area contributed by atoms with Gasteiger partial charge in [0.15, 0.2) is 6.10 Å². The molecule has 0 aromatic heterocycles. The van der Waals surface area contributed by atoms with Gasteiger partial charge >= 0.3 is 17.9 Å². The quantitative estimate of drug-likeness (QED) is 0.0261. The molecule has 0 spiro atoms. The first-order valence-corrected chi connectivity index (χ1v) is 29.9. The summed E-state index contributed by atoms with van der Waals surface area (Å²) in [7, 11) is 0. The van der Waals surface area contributed by atoms with Gasteiger partial charge in [-0.3, -0.25) is 14.4 Å². The standard InChI is InChI=1S/C64H112O6/c1-4-7-10-13-16-19-21-23-25-27-28-29-30-31-32-33-34-35-36-38-39-41-43-45-48-51-54-57-63(66)69-60-61(59-68-62(65)56-53-50-47-18-15-12-9-6-3)70-64(67)58-55-52-49-46-44-42-40-37-26-24-22-20-17-14-11-8-5-2/h7,10,16,19,23,25,28-29,31-32,34-35,61H,4-6,8-9,11-15,17-18,20-22,24,26-27,30,33,36-60H2,1-3H3/b10-7-,19-16-,25-23-,29-28-,32-31-,35-34-. The highest BCUT2D eigenvalue weighted by molar-refractivity contribution is 5.71. The van der Waals surface area contributed by atoms with E-state index in [1.165, 1.54) is 154 Å². The Morgan fingerprint density at radius 1 is 0.300 bits per heavy atom. The first-order valence-electron chi connectivity index (χ1n) is 29.9. The highest BCUT2D eigenvalue weighted by atomic mass is 16.6. The Kier molecular flexibility index (Phi) is 55.8. The predicted octanol–water partition coefficient (Wildman–Crippen LogP) is 20.2. The Morgan fingerprint density at radius 3 is 0.871 bits per heavy atom. The van der Waals surface area contributed by atoms with Gasteiger partial charge in [0.25, 0.3) is 0 Å². The number of unbranched alkanes of at least 4 members (excludes halogenated alkanes) is 31. The van der Waals surface area contributed by atoms with Crippen molar-refractivity contribution in [2.75, 3.05) is 13.2 Å². The van der Waals surface area contributed by atoms with Gasteiger partial charge in [0, 0.05) is 19.3 Å². The van der Waals surface area contributed by atoms with E-state index in [2.05, 4.69) is 93.7 Å². The summed E-state index contributed by atoms with van der Waals surface area (Å²) in [5.74, 6) is -0.875. The molecule has 6 heteroatoms. The molecule has 0 rings (SSSR count). The van der Waals surface area contributed by atoms with E-state index in [0.29, 0.717) is 19.3 Å². The van der Waals surface area contributed by atoms with Crippen LogP contribution in [0.4, 0.5) is 0 Å². The van der Waals surface area contributed by atoms with Crippen molar-refractivity contribution < 1.29 is 28.6 Å². The molecule has 0 fully saturated rings. The number of hydrogen-bond donors (Lipinski definition) is 0. The molecule has 0 radical (unpaired) electrons. The predicted molar refractivity (Wildman–Crippen MR) is 302 cm³/mol. The van der Waals surface area contributed by atoms with Crippen LogP contribution in [0.15, 0.2) is 72.9 Å². The minimum Gasteiger partial charge on any atom is -0.462 e. The molecule has 0 aromatic carbocycles. The fraction of sp³-hybridized carbons (Fsp3) is 0.766. The van der Waals surface area contributed by atoms with Crippen LogP contribution in [-0.4, -0.2) is 37.2 Å². The molecule has 0 aliphatic carbocycles. The number of carbonyl (C=O) groups is 3. The maximum Gasteiger partial charge on any atom is 0.306 e. The van der Waals surface area contributed by atoms with Crippen LogP contribution in [0.25, 0.3) is 0 Å². The van der Waals surface area contributed by atoms with Gasteiger partial charge in [0.05, 0.1) is 0 Å². The molecule has 0 saturated carbocycles. The molecule has 0 amide bonds. The molecule has 0 heterocycles. The zero-order chi connectivity index (χ0) is 50.7. The van der Waals surface area contributed by atoms with Crippen LogP contribution in [0.3, 0.4) is 0 Å². The summed E-state index contributed by atoms with van der Waals surface area (Å²) in [6, 6.07) is 0. The Hall–Kier alpha value is -3.15. The van der Waals surface area contributed by atoms with Crippen molar-refractivity contribution in [1.29, 1.82) is 0 Å². The molecule has 0 aromatic rings. The van der Waals surface area contributed by atoms with Gasteiger partial charge in [-0.15, -0.1) is 0 Å². The minimum absolute atomic E-state index is 0.0741. The molecule has 70 heavy (non-hydrogen) atoms. The number of rotatable bonds is 54. The lowest BCUT2D eigenvalue weighted by molar-refractivity contribution is -0.167. The Balaban J connectivity index is 4.20. The summed E-state index contributed by atoms with van der Waals surface area (Å²) in [5, 5.41) is 0. The molecule has 6 nitrogen and oxygen atoms in total. The largest absolute Gasteiger partial charge is 0.462 e. The van der Waals surface area contributed by atoms with Gasteiger partial charge < -0.3 is 14.2 Å². The van der Waals surface area contributed by atoms with Crippen LogP contribution in [0, 0.1) is 0 Å². The molecule has 0 aliphatic rings. The summed E-state index contributed by atoms with van der Waals surface area (Å²) in [6.07, 6.45) is 74.8. The number of allylic oxidation sites excluding steroid dienone is 12. The maximum absolute atomic E-state index is 12.8. The fourth-order valence-electron chi connectivity index (χ4n) is 8.51. The van der Waals surface area contributed by atoms with Gasteiger partial charge in [-0.25, -0.2) is 0 Å². The number of carbonyl (C=O) groups excluding carboxylic acids is 3. The number of esters is 3. The zero-order valence-electron chi connectivity index (χ0n) is 46.3. The average molecular weight is 978 g/mol. The van der Waals surface area contributed by atoms with Crippen LogP contribution in [0.1, 0.15) is 297 Å². The van der Waals surface area contributed by atoms with Crippen LogP contribution < -0.4 is 0 Å². The first-order chi connectivity index (χ1) is 34.5.